The van der Waals surface area contributed by atoms with Gasteiger partial charge in [0.15, 0.2) is 5.96 Å². The van der Waals surface area contributed by atoms with Gasteiger partial charge in [-0.1, -0.05) is 19.3 Å². The van der Waals surface area contributed by atoms with Crippen LogP contribution in [0.25, 0.3) is 0 Å². The molecule has 144 valence electrons. The van der Waals surface area contributed by atoms with Crippen LogP contribution < -0.4 is 10.6 Å². The minimum absolute atomic E-state index is 0. The zero-order chi connectivity index (χ0) is 17.3. The van der Waals surface area contributed by atoms with Crippen LogP contribution in [0.4, 0.5) is 0 Å². The first kappa shape index (κ1) is 23.9. The highest BCUT2D eigenvalue weighted by Gasteiger charge is 2.28. The molecule has 0 aromatic heterocycles. The highest BCUT2D eigenvalue weighted by atomic mass is 127. The summed E-state index contributed by atoms with van der Waals surface area (Å²) in [4.78, 5) is 7.08. The first-order valence-electron chi connectivity index (χ1n) is 9.38. The van der Waals surface area contributed by atoms with Crippen molar-refractivity contribution in [2.24, 2.45) is 4.99 Å². The first-order chi connectivity index (χ1) is 10.9. The number of nitrogens with zero attached hydrogens (tertiary/aromatic N) is 2. The number of nitrogens with one attached hydrogen (secondary N) is 2. The van der Waals surface area contributed by atoms with Gasteiger partial charge in [0.1, 0.15) is 0 Å². The molecule has 1 fully saturated rings. The van der Waals surface area contributed by atoms with Gasteiger partial charge in [-0.3, -0.25) is 9.89 Å². The molecule has 5 nitrogen and oxygen atoms in total. The molecular formula is C18H39IN4O. The van der Waals surface area contributed by atoms with Crippen molar-refractivity contribution in [2.75, 3.05) is 26.2 Å². The fraction of sp³-hybridized carbons (Fsp3) is 0.944. The number of halogens is 1. The van der Waals surface area contributed by atoms with E-state index < -0.39 is 5.60 Å². The minimum Gasteiger partial charge on any atom is -0.388 e. The van der Waals surface area contributed by atoms with Crippen LogP contribution in [0.5, 0.6) is 0 Å². The van der Waals surface area contributed by atoms with Crippen LogP contribution in [0, 0.1) is 0 Å². The Morgan fingerprint density at radius 1 is 1.08 bits per heavy atom. The quantitative estimate of drug-likeness (QED) is 0.300. The maximum absolute atomic E-state index is 10.6. The third-order valence-electron chi connectivity index (χ3n) is 4.65. The predicted molar refractivity (Wildman–Crippen MR) is 114 cm³/mol. The second kappa shape index (κ2) is 12.3. The molecule has 0 heterocycles. The van der Waals surface area contributed by atoms with Crippen molar-refractivity contribution in [1.29, 1.82) is 0 Å². The zero-order valence-electron chi connectivity index (χ0n) is 16.3. The number of aliphatic hydroxyl groups is 1. The molecular weight excluding hydrogens is 415 g/mol. The maximum atomic E-state index is 10.6. The molecule has 24 heavy (non-hydrogen) atoms. The van der Waals surface area contributed by atoms with E-state index in [0.717, 1.165) is 51.3 Å². The Morgan fingerprint density at radius 2 is 1.67 bits per heavy atom. The van der Waals surface area contributed by atoms with Crippen molar-refractivity contribution in [3.63, 3.8) is 0 Å². The van der Waals surface area contributed by atoms with E-state index in [1.165, 1.54) is 6.42 Å². The SMILES string of the molecule is CCNC(=NCC1(O)CCCCC1)NCCN(C(C)C)C(C)C.I. The van der Waals surface area contributed by atoms with Crippen molar-refractivity contribution in [1.82, 2.24) is 15.5 Å². The molecule has 1 saturated carbocycles. The van der Waals surface area contributed by atoms with Crippen molar-refractivity contribution in [3.8, 4) is 0 Å². The molecule has 0 aliphatic heterocycles. The fourth-order valence-corrected chi connectivity index (χ4v) is 3.35. The Kier molecular flexibility index (Phi) is 12.3. The van der Waals surface area contributed by atoms with Crippen LogP contribution in [0.3, 0.4) is 0 Å². The monoisotopic (exact) mass is 454 g/mol. The van der Waals surface area contributed by atoms with E-state index in [4.69, 9.17) is 0 Å². The van der Waals surface area contributed by atoms with Gasteiger partial charge in [-0.05, 0) is 47.5 Å². The molecule has 3 N–H and O–H groups in total. The summed E-state index contributed by atoms with van der Waals surface area (Å²) in [7, 11) is 0. The Bertz CT molecular complexity index is 347. The average molecular weight is 454 g/mol. The number of guanidine groups is 1. The van der Waals surface area contributed by atoms with E-state index in [0.29, 0.717) is 18.6 Å². The van der Waals surface area contributed by atoms with Crippen LogP contribution in [-0.2, 0) is 0 Å². The number of rotatable bonds is 8. The van der Waals surface area contributed by atoms with E-state index in [9.17, 15) is 5.11 Å². The van der Waals surface area contributed by atoms with Gasteiger partial charge in [-0.25, -0.2) is 0 Å². The molecule has 0 radical (unpaired) electrons. The molecule has 0 amide bonds. The Balaban J connectivity index is 0.00000529. The van der Waals surface area contributed by atoms with Gasteiger partial charge >= 0.3 is 0 Å². The summed E-state index contributed by atoms with van der Waals surface area (Å²) in [5.74, 6) is 0.818. The smallest absolute Gasteiger partial charge is 0.191 e. The minimum atomic E-state index is -0.595. The molecule has 6 heteroatoms. The van der Waals surface area contributed by atoms with Crippen molar-refractivity contribution < 1.29 is 5.11 Å². The van der Waals surface area contributed by atoms with E-state index in [1.54, 1.807) is 0 Å². The number of aliphatic imine (C=N–C) groups is 1. The molecule has 1 aliphatic carbocycles. The molecule has 0 spiro atoms. The van der Waals surface area contributed by atoms with Crippen LogP contribution in [0.15, 0.2) is 4.99 Å². The van der Waals surface area contributed by atoms with Crippen LogP contribution in [0.2, 0.25) is 0 Å². The van der Waals surface area contributed by atoms with Crippen LogP contribution >= 0.6 is 24.0 Å². The predicted octanol–water partition coefficient (Wildman–Crippen LogP) is 2.97. The standard InChI is InChI=1S/C18H38N4O.HI/c1-6-19-17(20-12-13-22(15(2)3)16(4)5)21-14-18(23)10-8-7-9-11-18;/h15-16,23H,6-14H2,1-5H3,(H2,19,20,21);1H. The summed E-state index contributed by atoms with van der Waals surface area (Å²) in [5.41, 5.74) is -0.595. The topological polar surface area (TPSA) is 59.9 Å². The van der Waals surface area contributed by atoms with Gasteiger partial charge in [0.2, 0.25) is 0 Å². The molecule has 0 bridgehead atoms. The molecule has 0 atom stereocenters. The van der Waals surface area contributed by atoms with Crippen LogP contribution in [0.1, 0.15) is 66.7 Å². The lowest BCUT2D eigenvalue weighted by atomic mass is 9.85. The Hall–Kier alpha value is -0.0800. The summed E-state index contributed by atoms with van der Waals surface area (Å²) in [6.45, 7) is 14.2. The van der Waals surface area contributed by atoms with Gasteiger partial charge < -0.3 is 15.7 Å². The third kappa shape index (κ3) is 8.85. The summed E-state index contributed by atoms with van der Waals surface area (Å²) in [6.07, 6.45) is 5.24. The van der Waals surface area contributed by atoms with Gasteiger partial charge in [0.25, 0.3) is 0 Å². The highest BCUT2D eigenvalue weighted by molar-refractivity contribution is 14.0. The maximum Gasteiger partial charge on any atom is 0.191 e. The molecule has 1 rings (SSSR count). The van der Waals surface area contributed by atoms with Crippen molar-refractivity contribution in [2.45, 2.75) is 84.4 Å². The van der Waals surface area contributed by atoms with Gasteiger partial charge in [-0.2, -0.15) is 0 Å². The largest absolute Gasteiger partial charge is 0.388 e. The molecule has 1 aliphatic rings. The van der Waals surface area contributed by atoms with E-state index >= 15 is 0 Å². The lowest BCUT2D eigenvalue weighted by molar-refractivity contribution is 0.0131. The normalized spacial score (nSPS) is 18.0. The lowest BCUT2D eigenvalue weighted by Gasteiger charge is -2.31. The Morgan fingerprint density at radius 3 is 2.17 bits per heavy atom. The van der Waals surface area contributed by atoms with Crippen LogP contribution in [-0.4, -0.2) is 59.8 Å². The van der Waals surface area contributed by atoms with Crippen molar-refractivity contribution >= 4 is 29.9 Å². The lowest BCUT2D eigenvalue weighted by Crippen LogP contribution is -2.46. The second-order valence-electron chi connectivity index (χ2n) is 7.33. The summed E-state index contributed by atoms with van der Waals surface area (Å²) in [6, 6.07) is 1.08. The van der Waals surface area contributed by atoms with E-state index in [2.05, 4.69) is 55.1 Å². The fourth-order valence-electron chi connectivity index (χ4n) is 3.35. The molecule has 0 saturated heterocycles. The number of hydrogen-bond acceptors (Lipinski definition) is 3. The first-order valence-corrected chi connectivity index (χ1v) is 9.38. The van der Waals surface area contributed by atoms with Gasteiger partial charge in [-0.15, -0.1) is 24.0 Å². The highest BCUT2D eigenvalue weighted by Crippen LogP contribution is 2.28. The molecule has 0 aromatic rings. The van der Waals surface area contributed by atoms with Gasteiger partial charge in [0.05, 0.1) is 12.1 Å². The van der Waals surface area contributed by atoms with E-state index in [1.807, 2.05) is 0 Å². The van der Waals surface area contributed by atoms with Crippen molar-refractivity contribution in [3.05, 3.63) is 0 Å². The molecule has 0 aromatic carbocycles. The van der Waals surface area contributed by atoms with E-state index in [-0.39, 0.29) is 24.0 Å². The van der Waals surface area contributed by atoms with Gasteiger partial charge in [0, 0.05) is 31.7 Å². The third-order valence-corrected chi connectivity index (χ3v) is 4.65. The number of hydrogen-bond donors (Lipinski definition) is 3. The summed E-state index contributed by atoms with van der Waals surface area (Å²) < 4.78 is 0. The summed E-state index contributed by atoms with van der Waals surface area (Å²) >= 11 is 0. The molecule has 0 unspecified atom stereocenters. The second-order valence-corrected chi connectivity index (χ2v) is 7.33. The Labute approximate surface area is 166 Å². The zero-order valence-corrected chi connectivity index (χ0v) is 18.6. The average Bonchev–Trinajstić information content (AvgIpc) is 2.49. The summed E-state index contributed by atoms with van der Waals surface area (Å²) in [5, 5.41) is 17.3.